The van der Waals surface area contributed by atoms with Crippen LogP contribution in [0.5, 0.6) is 11.6 Å². The zero-order valence-electron chi connectivity index (χ0n) is 10.8. The lowest BCUT2D eigenvalue weighted by Gasteiger charge is -2.09. The first-order valence-corrected chi connectivity index (χ1v) is 6.57. The topological polar surface area (TPSA) is 59.4 Å². The number of aromatic carboxylic acids is 1. The molecule has 2 aromatic carbocycles. The van der Waals surface area contributed by atoms with Crippen molar-refractivity contribution in [3.8, 4) is 11.6 Å². The Labute approximate surface area is 125 Å². The van der Waals surface area contributed by atoms with E-state index in [2.05, 4.69) is 4.98 Å². The van der Waals surface area contributed by atoms with Crippen LogP contribution >= 0.6 is 11.6 Å². The van der Waals surface area contributed by atoms with Gasteiger partial charge in [-0.05, 0) is 29.0 Å². The number of hydrogen-bond acceptors (Lipinski definition) is 3. The lowest BCUT2D eigenvalue weighted by molar-refractivity contribution is 0.0694. The smallest absolute Gasteiger partial charge is 0.339 e. The fraction of sp³-hybridized carbons (Fsp3) is 0. The van der Waals surface area contributed by atoms with Gasteiger partial charge in [0.2, 0.25) is 5.88 Å². The van der Waals surface area contributed by atoms with E-state index < -0.39 is 5.97 Å². The molecule has 1 aromatic heterocycles. The highest BCUT2D eigenvalue weighted by molar-refractivity contribution is 6.30. The molecule has 3 aromatic rings. The standard InChI is InChI=1S/C16H10ClNO3/c17-12-5-6-15(18-9-12)21-14-8-11-4-2-1-3-10(11)7-13(14)16(19)20/h1-9H,(H,19,20). The van der Waals surface area contributed by atoms with Crippen LogP contribution in [0, 0.1) is 0 Å². The number of rotatable bonds is 3. The van der Waals surface area contributed by atoms with Gasteiger partial charge in [-0.3, -0.25) is 0 Å². The number of aromatic nitrogens is 1. The number of carbonyl (C=O) groups is 1. The molecule has 3 rings (SSSR count). The molecule has 21 heavy (non-hydrogen) atoms. The molecule has 5 heteroatoms. The van der Waals surface area contributed by atoms with Crippen LogP contribution in [-0.4, -0.2) is 16.1 Å². The summed E-state index contributed by atoms with van der Waals surface area (Å²) < 4.78 is 5.58. The molecule has 0 bridgehead atoms. The predicted octanol–water partition coefficient (Wildman–Crippen LogP) is 4.38. The lowest BCUT2D eigenvalue weighted by atomic mass is 10.1. The first-order valence-electron chi connectivity index (χ1n) is 6.19. The molecule has 104 valence electrons. The van der Waals surface area contributed by atoms with Gasteiger partial charge < -0.3 is 9.84 Å². The van der Waals surface area contributed by atoms with E-state index in [1.54, 1.807) is 24.3 Å². The maximum atomic E-state index is 11.4. The molecular formula is C16H10ClNO3. The minimum absolute atomic E-state index is 0.0884. The first kappa shape index (κ1) is 13.4. The van der Waals surface area contributed by atoms with E-state index in [1.807, 2.05) is 24.3 Å². The molecule has 0 fully saturated rings. The van der Waals surface area contributed by atoms with E-state index >= 15 is 0 Å². The van der Waals surface area contributed by atoms with Crippen LogP contribution in [0.3, 0.4) is 0 Å². The van der Waals surface area contributed by atoms with Gasteiger partial charge >= 0.3 is 5.97 Å². The highest BCUT2D eigenvalue weighted by Crippen LogP contribution is 2.29. The zero-order chi connectivity index (χ0) is 14.8. The highest BCUT2D eigenvalue weighted by Gasteiger charge is 2.14. The Morgan fingerprint density at radius 1 is 1.10 bits per heavy atom. The third-order valence-electron chi connectivity index (χ3n) is 2.99. The molecule has 0 aliphatic heterocycles. The van der Waals surface area contributed by atoms with Crippen molar-refractivity contribution in [3.05, 3.63) is 65.3 Å². The maximum Gasteiger partial charge on any atom is 0.339 e. The second kappa shape index (κ2) is 5.42. The monoisotopic (exact) mass is 299 g/mol. The van der Waals surface area contributed by atoms with Gasteiger partial charge in [0.15, 0.2) is 0 Å². The van der Waals surface area contributed by atoms with Crippen molar-refractivity contribution >= 4 is 28.3 Å². The summed E-state index contributed by atoms with van der Waals surface area (Å²) >= 11 is 5.76. The summed E-state index contributed by atoms with van der Waals surface area (Å²) in [4.78, 5) is 15.4. The third-order valence-corrected chi connectivity index (χ3v) is 3.22. The van der Waals surface area contributed by atoms with Gasteiger partial charge in [-0.1, -0.05) is 35.9 Å². The van der Waals surface area contributed by atoms with Crippen LogP contribution in [0.25, 0.3) is 10.8 Å². The largest absolute Gasteiger partial charge is 0.478 e. The van der Waals surface area contributed by atoms with Gasteiger partial charge in [0.05, 0.1) is 5.02 Å². The fourth-order valence-corrected chi connectivity index (χ4v) is 2.12. The van der Waals surface area contributed by atoms with Crippen molar-refractivity contribution in [2.45, 2.75) is 0 Å². The normalized spacial score (nSPS) is 10.5. The molecule has 0 radical (unpaired) electrons. The SMILES string of the molecule is O=C(O)c1cc2ccccc2cc1Oc1ccc(Cl)cn1. The minimum atomic E-state index is -1.05. The molecule has 1 heterocycles. The van der Waals surface area contributed by atoms with Crippen LogP contribution in [-0.2, 0) is 0 Å². The van der Waals surface area contributed by atoms with Crippen molar-refractivity contribution in [1.82, 2.24) is 4.98 Å². The second-order valence-electron chi connectivity index (χ2n) is 4.42. The maximum absolute atomic E-state index is 11.4. The van der Waals surface area contributed by atoms with Crippen LogP contribution < -0.4 is 4.74 Å². The molecule has 0 amide bonds. The number of halogens is 1. The summed E-state index contributed by atoms with van der Waals surface area (Å²) in [6, 6.07) is 14.0. The van der Waals surface area contributed by atoms with E-state index in [1.165, 1.54) is 6.20 Å². The summed E-state index contributed by atoms with van der Waals surface area (Å²) in [6.07, 6.45) is 1.44. The highest BCUT2D eigenvalue weighted by atomic mass is 35.5. The Morgan fingerprint density at radius 2 is 1.81 bits per heavy atom. The van der Waals surface area contributed by atoms with E-state index in [0.717, 1.165) is 10.8 Å². The Bertz CT molecular complexity index is 815. The molecule has 0 unspecified atom stereocenters. The first-order chi connectivity index (χ1) is 10.1. The molecule has 0 saturated carbocycles. The quantitative estimate of drug-likeness (QED) is 0.779. The van der Waals surface area contributed by atoms with Crippen molar-refractivity contribution in [2.75, 3.05) is 0 Å². The van der Waals surface area contributed by atoms with Crippen LogP contribution in [0.1, 0.15) is 10.4 Å². The molecule has 0 spiro atoms. The van der Waals surface area contributed by atoms with Crippen LogP contribution in [0.15, 0.2) is 54.7 Å². The van der Waals surface area contributed by atoms with Crippen molar-refractivity contribution in [1.29, 1.82) is 0 Å². The average Bonchev–Trinajstić information content (AvgIpc) is 2.48. The van der Waals surface area contributed by atoms with Gasteiger partial charge in [-0.2, -0.15) is 0 Å². The number of nitrogens with zero attached hydrogens (tertiary/aromatic N) is 1. The molecule has 0 aliphatic rings. The van der Waals surface area contributed by atoms with Crippen molar-refractivity contribution < 1.29 is 14.6 Å². The number of benzene rings is 2. The number of fused-ring (bicyclic) bond motifs is 1. The summed E-state index contributed by atoms with van der Waals surface area (Å²) in [5, 5.41) is 11.5. The summed E-state index contributed by atoms with van der Waals surface area (Å²) in [5.41, 5.74) is 0.0884. The molecule has 0 aliphatic carbocycles. The number of hydrogen-bond donors (Lipinski definition) is 1. The van der Waals surface area contributed by atoms with Gasteiger partial charge in [-0.25, -0.2) is 9.78 Å². The van der Waals surface area contributed by atoms with Crippen molar-refractivity contribution in [2.24, 2.45) is 0 Å². The Balaban J connectivity index is 2.09. The average molecular weight is 300 g/mol. The molecule has 1 N–H and O–H groups in total. The molecule has 0 saturated heterocycles. The summed E-state index contributed by atoms with van der Waals surface area (Å²) in [6.45, 7) is 0. The molecule has 4 nitrogen and oxygen atoms in total. The number of ether oxygens (including phenoxy) is 1. The van der Waals surface area contributed by atoms with Crippen molar-refractivity contribution in [3.63, 3.8) is 0 Å². The molecular weight excluding hydrogens is 290 g/mol. The number of pyridine rings is 1. The Hall–Kier alpha value is -2.59. The lowest BCUT2D eigenvalue weighted by Crippen LogP contribution is -2.00. The second-order valence-corrected chi connectivity index (χ2v) is 4.85. The number of carboxylic acid groups (broad SMARTS) is 1. The summed E-state index contributed by atoms with van der Waals surface area (Å²) in [5.74, 6) is -0.516. The number of carboxylic acids is 1. The van der Waals surface area contributed by atoms with Crippen LogP contribution in [0.2, 0.25) is 5.02 Å². The van der Waals surface area contributed by atoms with Crippen LogP contribution in [0.4, 0.5) is 0 Å². The van der Waals surface area contributed by atoms with Gasteiger partial charge in [0.1, 0.15) is 11.3 Å². The van der Waals surface area contributed by atoms with E-state index in [9.17, 15) is 9.90 Å². The summed E-state index contributed by atoms with van der Waals surface area (Å²) in [7, 11) is 0. The molecule has 0 atom stereocenters. The van der Waals surface area contributed by atoms with E-state index in [4.69, 9.17) is 16.3 Å². The minimum Gasteiger partial charge on any atom is -0.478 e. The van der Waals surface area contributed by atoms with E-state index in [-0.39, 0.29) is 17.2 Å². The predicted molar refractivity (Wildman–Crippen MR) is 80.2 cm³/mol. The van der Waals surface area contributed by atoms with Gasteiger partial charge in [0, 0.05) is 12.3 Å². The van der Waals surface area contributed by atoms with Gasteiger partial charge in [0.25, 0.3) is 0 Å². The van der Waals surface area contributed by atoms with E-state index in [0.29, 0.717) is 5.02 Å². The Kier molecular flexibility index (Phi) is 3.46. The zero-order valence-corrected chi connectivity index (χ0v) is 11.5. The fourth-order valence-electron chi connectivity index (χ4n) is 2.01. The Morgan fingerprint density at radius 3 is 2.43 bits per heavy atom. The third kappa shape index (κ3) is 2.80. The van der Waals surface area contributed by atoms with Gasteiger partial charge in [-0.15, -0.1) is 0 Å².